The minimum Gasteiger partial charge on any atom is -0.462 e. The number of aryl methyl sites for hydroxylation is 1. The predicted molar refractivity (Wildman–Crippen MR) is 85.9 cm³/mol. The molecule has 1 aliphatic rings. The Morgan fingerprint density at radius 1 is 1.09 bits per heavy atom. The zero-order valence-electron chi connectivity index (χ0n) is 13.6. The van der Waals surface area contributed by atoms with E-state index in [1.54, 1.807) is 19.1 Å². The fourth-order valence-corrected chi connectivity index (χ4v) is 3.29. The van der Waals surface area contributed by atoms with E-state index in [0.717, 1.165) is 12.3 Å². The van der Waals surface area contributed by atoms with Crippen molar-refractivity contribution in [2.75, 3.05) is 0 Å². The smallest absolute Gasteiger partial charge is 0.201 e. The van der Waals surface area contributed by atoms with Gasteiger partial charge in [-0.2, -0.15) is 4.39 Å². The van der Waals surface area contributed by atoms with Crippen LogP contribution in [0.5, 0.6) is 5.75 Å². The number of hydrogen-bond donors (Lipinski definition) is 0. The standard InChI is InChI=1S/C19H26F2O/c1-3-13-22-17-12-11-16(18(20)19(17)21)10-9-15-7-5-14(4-2)6-8-15/h3,11-15H,4-10H2,1-2H3. The fraction of sp³-hybridized carbons (Fsp3) is 0.579. The summed E-state index contributed by atoms with van der Waals surface area (Å²) in [7, 11) is 0. The lowest BCUT2D eigenvalue weighted by molar-refractivity contribution is 0.258. The van der Waals surface area contributed by atoms with Gasteiger partial charge in [0.25, 0.3) is 0 Å². The van der Waals surface area contributed by atoms with Gasteiger partial charge >= 0.3 is 0 Å². The summed E-state index contributed by atoms with van der Waals surface area (Å²) in [6.45, 7) is 4.01. The van der Waals surface area contributed by atoms with Crippen molar-refractivity contribution in [2.24, 2.45) is 11.8 Å². The number of allylic oxidation sites excluding steroid dienone is 1. The van der Waals surface area contributed by atoms with E-state index in [1.807, 2.05) is 0 Å². The molecule has 0 saturated heterocycles. The zero-order valence-corrected chi connectivity index (χ0v) is 13.6. The predicted octanol–water partition coefficient (Wildman–Crippen LogP) is 6.03. The van der Waals surface area contributed by atoms with Gasteiger partial charge in [-0.1, -0.05) is 51.2 Å². The maximum absolute atomic E-state index is 14.1. The van der Waals surface area contributed by atoms with Crippen molar-refractivity contribution in [3.05, 3.63) is 41.7 Å². The maximum atomic E-state index is 14.1. The van der Waals surface area contributed by atoms with E-state index < -0.39 is 11.6 Å². The van der Waals surface area contributed by atoms with E-state index in [1.165, 1.54) is 44.4 Å². The molecular formula is C19H26F2O. The van der Waals surface area contributed by atoms with E-state index in [4.69, 9.17) is 4.74 Å². The molecule has 0 radical (unpaired) electrons. The van der Waals surface area contributed by atoms with Gasteiger partial charge in [0.05, 0.1) is 6.26 Å². The molecule has 122 valence electrons. The van der Waals surface area contributed by atoms with E-state index in [2.05, 4.69) is 6.92 Å². The topological polar surface area (TPSA) is 9.23 Å². The van der Waals surface area contributed by atoms with Crippen molar-refractivity contribution >= 4 is 0 Å². The van der Waals surface area contributed by atoms with Gasteiger partial charge in [0, 0.05) is 0 Å². The summed E-state index contributed by atoms with van der Waals surface area (Å²) in [6, 6.07) is 3.16. The van der Waals surface area contributed by atoms with Crippen LogP contribution < -0.4 is 4.74 Å². The van der Waals surface area contributed by atoms with Crippen LogP contribution in [-0.2, 0) is 6.42 Å². The summed E-state index contributed by atoms with van der Waals surface area (Å²) in [4.78, 5) is 0. The SMILES string of the molecule is CC=COc1ccc(CCC2CCC(CC)CC2)c(F)c1F. The Hall–Kier alpha value is -1.38. The minimum atomic E-state index is -0.884. The first-order chi connectivity index (χ1) is 10.7. The Balaban J connectivity index is 1.92. The second kappa shape index (κ2) is 8.30. The lowest BCUT2D eigenvalue weighted by Crippen LogP contribution is -2.14. The van der Waals surface area contributed by atoms with E-state index in [-0.39, 0.29) is 5.75 Å². The van der Waals surface area contributed by atoms with Gasteiger partial charge in [-0.25, -0.2) is 4.39 Å². The molecule has 0 atom stereocenters. The van der Waals surface area contributed by atoms with Crippen LogP contribution in [0.2, 0.25) is 0 Å². The number of ether oxygens (including phenoxy) is 1. The Morgan fingerprint density at radius 2 is 1.77 bits per heavy atom. The Bertz CT molecular complexity index is 502. The van der Waals surface area contributed by atoms with Crippen LogP contribution in [0.25, 0.3) is 0 Å². The van der Waals surface area contributed by atoms with Crippen LogP contribution in [0, 0.1) is 23.5 Å². The molecule has 1 fully saturated rings. The molecule has 0 amide bonds. The van der Waals surface area contributed by atoms with Crippen molar-refractivity contribution in [3.63, 3.8) is 0 Å². The van der Waals surface area contributed by atoms with Crippen LogP contribution in [0.4, 0.5) is 8.78 Å². The third-order valence-corrected chi connectivity index (χ3v) is 4.82. The quantitative estimate of drug-likeness (QED) is 0.583. The van der Waals surface area contributed by atoms with Crippen molar-refractivity contribution in [1.82, 2.24) is 0 Å². The Labute approximate surface area is 132 Å². The van der Waals surface area contributed by atoms with Gasteiger partial charge < -0.3 is 4.74 Å². The number of benzene rings is 1. The second-order valence-electron chi connectivity index (χ2n) is 6.27. The van der Waals surface area contributed by atoms with Crippen molar-refractivity contribution in [3.8, 4) is 5.75 Å². The molecule has 1 aromatic carbocycles. The lowest BCUT2D eigenvalue weighted by Gasteiger charge is -2.27. The van der Waals surface area contributed by atoms with Gasteiger partial charge in [-0.15, -0.1) is 0 Å². The van der Waals surface area contributed by atoms with E-state index >= 15 is 0 Å². The first kappa shape index (κ1) is 17.0. The molecule has 0 N–H and O–H groups in total. The number of halogens is 2. The summed E-state index contributed by atoms with van der Waals surface area (Å²) in [5.74, 6) is -0.171. The zero-order chi connectivity index (χ0) is 15.9. The highest BCUT2D eigenvalue weighted by Gasteiger charge is 2.21. The van der Waals surface area contributed by atoms with Crippen molar-refractivity contribution in [1.29, 1.82) is 0 Å². The maximum Gasteiger partial charge on any atom is 0.201 e. The van der Waals surface area contributed by atoms with E-state index in [9.17, 15) is 8.78 Å². The van der Waals surface area contributed by atoms with Gasteiger partial charge in [0.1, 0.15) is 0 Å². The first-order valence-electron chi connectivity index (χ1n) is 8.40. The third-order valence-electron chi connectivity index (χ3n) is 4.82. The number of hydrogen-bond acceptors (Lipinski definition) is 1. The monoisotopic (exact) mass is 308 g/mol. The molecule has 1 nitrogen and oxygen atoms in total. The lowest BCUT2D eigenvalue weighted by atomic mass is 9.78. The molecular weight excluding hydrogens is 282 g/mol. The van der Waals surface area contributed by atoms with Crippen molar-refractivity contribution in [2.45, 2.75) is 58.8 Å². The molecule has 2 rings (SSSR count). The normalized spacial score (nSPS) is 22.2. The van der Waals surface area contributed by atoms with Crippen LogP contribution >= 0.6 is 0 Å². The highest BCUT2D eigenvalue weighted by Crippen LogP contribution is 2.33. The molecule has 1 aromatic rings. The minimum absolute atomic E-state index is 0.0530. The summed E-state index contributed by atoms with van der Waals surface area (Å²) in [6.07, 6.45) is 10.8. The van der Waals surface area contributed by atoms with Gasteiger partial charge in [0.2, 0.25) is 5.82 Å². The van der Waals surface area contributed by atoms with Gasteiger partial charge in [-0.05, 0) is 43.2 Å². The largest absolute Gasteiger partial charge is 0.462 e. The van der Waals surface area contributed by atoms with Crippen LogP contribution in [-0.4, -0.2) is 0 Å². The van der Waals surface area contributed by atoms with Crippen LogP contribution in [0.15, 0.2) is 24.5 Å². The highest BCUT2D eigenvalue weighted by molar-refractivity contribution is 5.31. The third kappa shape index (κ3) is 4.31. The average molecular weight is 308 g/mol. The van der Waals surface area contributed by atoms with Crippen LogP contribution in [0.1, 0.15) is 57.9 Å². The number of rotatable bonds is 6. The molecule has 0 aliphatic heterocycles. The Kier molecular flexibility index (Phi) is 6.41. The summed E-state index contributed by atoms with van der Waals surface area (Å²) in [5, 5.41) is 0. The van der Waals surface area contributed by atoms with Gasteiger partial charge in [-0.3, -0.25) is 0 Å². The van der Waals surface area contributed by atoms with Crippen LogP contribution in [0.3, 0.4) is 0 Å². The van der Waals surface area contributed by atoms with Crippen molar-refractivity contribution < 1.29 is 13.5 Å². The molecule has 1 saturated carbocycles. The molecule has 0 heterocycles. The van der Waals surface area contributed by atoms with Gasteiger partial charge in [0.15, 0.2) is 11.6 Å². The Morgan fingerprint density at radius 3 is 2.41 bits per heavy atom. The molecule has 0 spiro atoms. The molecule has 22 heavy (non-hydrogen) atoms. The summed E-state index contributed by atoms with van der Waals surface area (Å²) >= 11 is 0. The first-order valence-corrected chi connectivity index (χ1v) is 8.40. The molecule has 0 aromatic heterocycles. The highest BCUT2D eigenvalue weighted by atomic mass is 19.2. The average Bonchev–Trinajstić information content (AvgIpc) is 2.56. The molecule has 3 heteroatoms. The molecule has 0 bridgehead atoms. The fourth-order valence-electron chi connectivity index (χ4n) is 3.29. The second-order valence-corrected chi connectivity index (χ2v) is 6.27. The molecule has 1 aliphatic carbocycles. The summed E-state index contributed by atoms with van der Waals surface area (Å²) < 4.78 is 33.0. The van der Waals surface area contributed by atoms with E-state index in [0.29, 0.717) is 17.9 Å². The summed E-state index contributed by atoms with van der Waals surface area (Å²) in [5.41, 5.74) is 0.461. The molecule has 0 unspecified atom stereocenters.